The standard InChI is InChI=1S/C16H16N4O3S/c1-8-5-12(24-9(8)2)14(21)18-10-6-11-13(17-7-10)19(3)16(23)20(4)15(11)22/h5-7H,1-4H3,(H,18,21). The second kappa shape index (κ2) is 5.72. The van der Waals surface area contributed by atoms with Gasteiger partial charge in [0.05, 0.1) is 22.1 Å². The Hall–Kier alpha value is -2.74. The van der Waals surface area contributed by atoms with Gasteiger partial charge in [-0.15, -0.1) is 11.3 Å². The van der Waals surface area contributed by atoms with E-state index >= 15 is 0 Å². The van der Waals surface area contributed by atoms with Crippen molar-refractivity contribution >= 4 is 34.0 Å². The number of hydrogen-bond acceptors (Lipinski definition) is 5. The molecule has 3 rings (SSSR count). The maximum absolute atomic E-state index is 12.3. The Bertz CT molecular complexity index is 1070. The molecule has 0 bridgehead atoms. The highest BCUT2D eigenvalue weighted by atomic mass is 32.1. The molecular formula is C16H16N4O3S. The molecule has 3 aromatic rings. The van der Waals surface area contributed by atoms with E-state index in [1.807, 2.05) is 19.9 Å². The average Bonchev–Trinajstić information content (AvgIpc) is 2.90. The number of aromatic nitrogens is 3. The molecule has 0 saturated carbocycles. The molecule has 24 heavy (non-hydrogen) atoms. The summed E-state index contributed by atoms with van der Waals surface area (Å²) in [4.78, 5) is 42.3. The van der Waals surface area contributed by atoms with Crippen LogP contribution in [0.3, 0.4) is 0 Å². The number of thiophene rings is 1. The van der Waals surface area contributed by atoms with Gasteiger partial charge >= 0.3 is 5.69 Å². The molecule has 0 saturated heterocycles. The van der Waals surface area contributed by atoms with Gasteiger partial charge in [-0.1, -0.05) is 0 Å². The van der Waals surface area contributed by atoms with Crippen LogP contribution in [0.25, 0.3) is 11.0 Å². The number of hydrogen-bond donors (Lipinski definition) is 1. The smallest absolute Gasteiger partial charge is 0.320 e. The first-order chi connectivity index (χ1) is 11.3. The zero-order chi connectivity index (χ0) is 17.6. The van der Waals surface area contributed by atoms with Crippen molar-refractivity contribution in [3.05, 3.63) is 54.5 Å². The van der Waals surface area contributed by atoms with Gasteiger partial charge in [0.15, 0.2) is 0 Å². The highest BCUT2D eigenvalue weighted by molar-refractivity contribution is 7.14. The van der Waals surface area contributed by atoms with E-state index in [0.717, 1.165) is 15.0 Å². The number of anilines is 1. The van der Waals surface area contributed by atoms with Crippen LogP contribution in [0.2, 0.25) is 0 Å². The summed E-state index contributed by atoms with van der Waals surface area (Å²) in [7, 11) is 2.96. The van der Waals surface area contributed by atoms with Crippen LogP contribution >= 0.6 is 11.3 Å². The number of rotatable bonds is 2. The molecule has 8 heteroatoms. The molecule has 7 nitrogen and oxygen atoms in total. The van der Waals surface area contributed by atoms with Gasteiger partial charge in [-0.05, 0) is 31.5 Å². The molecule has 0 atom stereocenters. The van der Waals surface area contributed by atoms with Crippen molar-refractivity contribution in [1.82, 2.24) is 14.1 Å². The number of pyridine rings is 1. The zero-order valence-corrected chi connectivity index (χ0v) is 14.5. The summed E-state index contributed by atoms with van der Waals surface area (Å²) in [5.74, 6) is -0.251. The lowest BCUT2D eigenvalue weighted by atomic mass is 10.2. The minimum atomic E-state index is -0.445. The quantitative estimate of drug-likeness (QED) is 0.764. The van der Waals surface area contributed by atoms with Crippen LogP contribution in [-0.4, -0.2) is 20.0 Å². The van der Waals surface area contributed by atoms with Gasteiger partial charge in [-0.3, -0.25) is 18.7 Å². The molecule has 0 unspecified atom stereocenters. The third kappa shape index (κ3) is 2.54. The fraction of sp³-hybridized carbons (Fsp3) is 0.250. The monoisotopic (exact) mass is 344 g/mol. The zero-order valence-electron chi connectivity index (χ0n) is 13.7. The number of carbonyl (C=O) groups is 1. The first-order valence-electron chi connectivity index (χ1n) is 7.23. The van der Waals surface area contributed by atoms with E-state index in [2.05, 4.69) is 10.3 Å². The van der Waals surface area contributed by atoms with E-state index in [0.29, 0.717) is 10.6 Å². The van der Waals surface area contributed by atoms with E-state index in [1.54, 1.807) is 7.05 Å². The van der Waals surface area contributed by atoms with Gasteiger partial charge in [0, 0.05) is 19.0 Å². The van der Waals surface area contributed by atoms with Crippen LogP contribution in [-0.2, 0) is 14.1 Å². The van der Waals surface area contributed by atoms with Crippen LogP contribution in [0.5, 0.6) is 0 Å². The predicted molar refractivity (Wildman–Crippen MR) is 94.0 cm³/mol. The molecule has 0 spiro atoms. The molecule has 0 radical (unpaired) electrons. The summed E-state index contributed by atoms with van der Waals surface area (Å²) < 4.78 is 2.32. The van der Waals surface area contributed by atoms with Gasteiger partial charge in [0.25, 0.3) is 11.5 Å². The Morgan fingerprint density at radius 2 is 1.88 bits per heavy atom. The average molecular weight is 344 g/mol. The maximum atomic E-state index is 12.3. The molecule has 124 valence electrons. The van der Waals surface area contributed by atoms with E-state index in [9.17, 15) is 14.4 Å². The SMILES string of the molecule is Cc1cc(C(=O)Nc2cnc3c(c2)c(=O)n(C)c(=O)n3C)sc1C. The summed E-state index contributed by atoms with van der Waals surface area (Å²) in [5.41, 5.74) is 0.863. The fourth-order valence-electron chi connectivity index (χ4n) is 2.41. The molecule has 0 aromatic carbocycles. The topological polar surface area (TPSA) is 86.0 Å². The Balaban J connectivity index is 2.04. The van der Waals surface area contributed by atoms with E-state index in [4.69, 9.17) is 0 Å². The van der Waals surface area contributed by atoms with Crippen LogP contribution < -0.4 is 16.6 Å². The van der Waals surface area contributed by atoms with Gasteiger partial charge < -0.3 is 5.32 Å². The van der Waals surface area contributed by atoms with E-state index in [-0.39, 0.29) is 16.9 Å². The van der Waals surface area contributed by atoms with Crippen molar-refractivity contribution in [3.8, 4) is 0 Å². The summed E-state index contributed by atoms with van der Waals surface area (Å²) in [6, 6.07) is 3.36. The lowest BCUT2D eigenvalue weighted by molar-refractivity contribution is 0.103. The van der Waals surface area contributed by atoms with Crippen molar-refractivity contribution in [2.24, 2.45) is 14.1 Å². The normalized spacial score (nSPS) is 11.0. The van der Waals surface area contributed by atoms with Crippen molar-refractivity contribution in [1.29, 1.82) is 0 Å². The Morgan fingerprint density at radius 3 is 2.50 bits per heavy atom. The lowest BCUT2D eigenvalue weighted by Gasteiger charge is -2.08. The van der Waals surface area contributed by atoms with Gasteiger partial charge in [0.1, 0.15) is 5.65 Å². The summed E-state index contributed by atoms with van der Waals surface area (Å²) in [6.45, 7) is 3.91. The van der Waals surface area contributed by atoms with E-state index in [1.165, 1.54) is 35.2 Å². The van der Waals surface area contributed by atoms with Crippen LogP contribution in [0.4, 0.5) is 5.69 Å². The number of nitrogens with one attached hydrogen (secondary N) is 1. The molecule has 0 fully saturated rings. The molecule has 3 heterocycles. The van der Waals surface area contributed by atoms with Crippen molar-refractivity contribution in [3.63, 3.8) is 0 Å². The van der Waals surface area contributed by atoms with Gasteiger partial charge in [-0.25, -0.2) is 9.78 Å². The number of fused-ring (bicyclic) bond motifs is 1. The number of aryl methyl sites for hydroxylation is 3. The van der Waals surface area contributed by atoms with Crippen molar-refractivity contribution in [2.75, 3.05) is 5.32 Å². The first-order valence-corrected chi connectivity index (χ1v) is 8.05. The highest BCUT2D eigenvalue weighted by Gasteiger charge is 2.14. The third-order valence-electron chi connectivity index (χ3n) is 3.94. The number of carbonyl (C=O) groups excluding carboxylic acids is 1. The van der Waals surface area contributed by atoms with Gasteiger partial charge in [-0.2, -0.15) is 0 Å². The van der Waals surface area contributed by atoms with Gasteiger partial charge in [0.2, 0.25) is 0 Å². The molecule has 3 aromatic heterocycles. The lowest BCUT2D eigenvalue weighted by Crippen LogP contribution is -2.37. The minimum Gasteiger partial charge on any atom is -0.320 e. The summed E-state index contributed by atoms with van der Waals surface area (Å²) >= 11 is 1.41. The molecule has 1 N–H and O–H groups in total. The summed E-state index contributed by atoms with van der Waals surface area (Å²) in [5, 5.41) is 3.02. The maximum Gasteiger partial charge on any atom is 0.332 e. The van der Waals surface area contributed by atoms with Crippen molar-refractivity contribution < 1.29 is 4.79 Å². The first kappa shape index (κ1) is 16.1. The second-order valence-electron chi connectivity index (χ2n) is 5.60. The summed E-state index contributed by atoms with van der Waals surface area (Å²) in [6.07, 6.45) is 1.44. The highest BCUT2D eigenvalue weighted by Crippen LogP contribution is 2.22. The van der Waals surface area contributed by atoms with Crippen LogP contribution in [0.1, 0.15) is 20.1 Å². The molecule has 1 amide bonds. The van der Waals surface area contributed by atoms with Crippen LogP contribution in [0, 0.1) is 13.8 Å². The minimum absolute atomic E-state index is 0.251. The molecule has 0 aliphatic heterocycles. The Morgan fingerprint density at radius 1 is 1.17 bits per heavy atom. The third-order valence-corrected chi connectivity index (χ3v) is 5.09. The molecule has 0 aliphatic carbocycles. The predicted octanol–water partition coefficient (Wildman–Crippen LogP) is 1.56. The Labute approximate surface area is 141 Å². The largest absolute Gasteiger partial charge is 0.332 e. The Kier molecular flexibility index (Phi) is 3.84. The molecule has 0 aliphatic rings. The fourth-order valence-corrected chi connectivity index (χ4v) is 3.34. The molecular weight excluding hydrogens is 328 g/mol. The van der Waals surface area contributed by atoms with E-state index < -0.39 is 11.2 Å². The van der Waals surface area contributed by atoms with Crippen molar-refractivity contribution in [2.45, 2.75) is 13.8 Å². The second-order valence-corrected chi connectivity index (χ2v) is 6.86. The number of nitrogens with zero attached hydrogens (tertiary/aromatic N) is 3. The number of amides is 1. The van der Waals surface area contributed by atoms with Crippen LogP contribution in [0.15, 0.2) is 27.9 Å².